The third kappa shape index (κ3) is 5.29. The zero-order valence-electron chi connectivity index (χ0n) is 15.2. The van der Waals surface area contributed by atoms with Crippen molar-refractivity contribution in [3.8, 4) is 5.75 Å². The molecule has 0 radical (unpaired) electrons. The van der Waals surface area contributed by atoms with E-state index in [1.54, 1.807) is 42.5 Å². The van der Waals surface area contributed by atoms with Gasteiger partial charge >= 0.3 is 0 Å². The quantitative estimate of drug-likeness (QED) is 0.752. The lowest BCUT2D eigenvalue weighted by Gasteiger charge is -2.25. The van der Waals surface area contributed by atoms with Crippen LogP contribution in [0.5, 0.6) is 5.75 Å². The number of aryl methyl sites for hydroxylation is 1. The summed E-state index contributed by atoms with van der Waals surface area (Å²) in [5, 5.41) is 15.5. The van der Waals surface area contributed by atoms with Gasteiger partial charge in [0.2, 0.25) is 5.91 Å². The number of anilines is 2. The summed E-state index contributed by atoms with van der Waals surface area (Å²) in [4.78, 5) is 26.4. The predicted octanol–water partition coefficient (Wildman–Crippen LogP) is 2.22. The number of ether oxygens (including phenoxy) is 1. The highest BCUT2D eigenvalue weighted by Crippen LogP contribution is 2.21. The van der Waals surface area contributed by atoms with Gasteiger partial charge in [0.1, 0.15) is 5.75 Å². The van der Waals surface area contributed by atoms with E-state index >= 15 is 0 Å². The van der Waals surface area contributed by atoms with Gasteiger partial charge in [-0.05, 0) is 48.9 Å². The van der Waals surface area contributed by atoms with Crippen molar-refractivity contribution in [2.24, 2.45) is 0 Å². The van der Waals surface area contributed by atoms with Crippen molar-refractivity contribution in [2.75, 3.05) is 43.5 Å². The SMILES string of the molecule is Cc1ccc(C(=O)Nc2ccc(NC(=O)CN3CCOCC3)cc2)c(O)c1. The Morgan fingerprint density at radius 3 is 2.30 bits per heavy atom. The van der Waals surface area contributed by atoms with Gasteiger partial charge in [0.05, 0.1) is 25.3 Å². The van der Waals surface area contributed by atoms with Crippen molar-refractivity contribution < 1.29 is 19.4 Å². The van der Waals surface area contributed by atoms with Gasteiger partial charge in [-0.15, -0.1) is 0 Å². The van der Waals surface area contributed by atoms with E-state index < -0.39 is 5.91 Å². The molecule has 0 spiro atoms. The van der Waals surface area contributed by atoms with Gasteiger partial charge in [-0.25, -0.2) is 0 Å². The third-order valence-corrected chi connectivity index (χ3v) is 4.30. The van der Waals surface area contributed by atoms with Crippen LogP contribution in [0, 0.1) is 6.92 Å². The molecule has 2 aromatic rings. The van der Waals surface area contributed by atoms with Gasteiger partial charge in [-0.3, -0.25) is 14.5 Å². The molecule has 0 atom stereocenters. The molecular formula is C20H23N3O4. The smallest absolute Gasteiger partial charge is 0.259 e. The maximum atomic E-state index is 12.3. The second kappa shape index (κ2) is 8.66. The summed E-state index contributed by atoms with van der Waals surface area (Å²) in [6.07, 6.45) is 0. The maximum Gasteiger partial charge on any atom is 0.259 e. The summed E-state index contributed by atoms with van der Waals surface area (Å²) in [5.74, 6) is -0.533. The highest BCUT2D eigenvalue weighted by Gasteiger charge is 2.14. The number of amides is 2. The largest absolute Gasteiger partial charge is 0.507 e. The van der Waals surface area contributed by atoms with Gasteiger partial charge < -0.3 is 20.5 Å². The summed E-state index contributed by atoms with van der Waals surface area (Å²) in [5.41, 5.74) is 2.32. The van der Waals surface area contributed by atoms with Crippen molar-refractivity contribution in [3.63, 3.8) is 0 Å². The van der Waals surface area contributed by atoms with Gasteiger partial charge in [0.15, 0.2) is 0 Å². The van der Waals surface area contributed by atoms with Crippen LogP contribution in [0.1, 0.15) is 15.9 Å². The molecule has 3 rings (SSSR count). The first-order valence-corrected chi connectivity index (χ1v) is 8.82. The molecule has 0 saturated carbocycles. The van der Waals surface area contributed by atoms with Gasteiger partial charge in [-0.1, -0.05) is 6.07 Å². The molecule has 0 unspecified atom stereocenters. The number of benzene rings is 2. The molecule has 0 bridgehead atoms. The van der Waals surface area contributed by atoms with E-state index in [9.17, 15) is 14.7 Å². The lowest BCUT2D eigenvalue weighted by Crippen LogP contribution is -2.41. The van der Waals surface area contributed by atoms with Crippen molar-refractivity contribution in [1.29, 1.82) is 0 Å². The van der Waals surface area contributed by atoms with E-state index in [0.717, 1.165) is 18.7 Å². The molecule has 1 fully saturated rings. The number of hydrogen-bond donors (Lipinski definition) is 3. The Labute approximate surface area is 157 Å². The van der Waals surface area contributed by atoms with E-state index in [1.165, 1.54) is 0 Å². The number of phenolic OH excluding ortho intramolecular Hbond substituents is 1. The fourth-order valence-electron chi connectivity index (χ4n) is 2.83. The number of rotatable bonds is 5. The van der Waals surface area contributed by atoms with E-state index in [-0.39, 0.29) is 17.2 Å². The molecule has 2 amide bonds. The molecule has 1 heterocycles. The molecule has 1 aliphatic rings. The topological polar surface area (TPSA) is 90.9 Å². The normalized spacial score (nSPS) is 14.6. The average molecular weight is 369 g/mol. The van der Waals surface area contributed by atoms with Crippen LogP contribution in [0.2, 0.25) is 0 Å². The van der Waals surface area contributed by atoms with Crippen molar-refractivity contribution in [2.45, 2.75) is 6.92 Å². The van der Waals surface area contributed by atoms with Crippen LogP contribution in [0.25, 0.3) is 0 Å². The minimum absolute atomic E-state index is 0.0560. The second-order valence-corrected chi connectivity index (χ2v) is 6.49. The van der Waals surface area contributed by atoms with Crippen LogP contribution in [0.4, 0.5) is 11.4 Å². The van der Waals surface area contributed by atoms with Crippen molar-refractivity contribution in [3.05, 3.63) is 53.6 Å². The zero-order chi connectivity index (χ0) is 19.2. The molecule has 3 N–H and O–H groups in total. The minimum Gasteiger partial charge on any atom is -0.507 e. The minimum atomic E-state index is -0.392. The Kier molecular flexibility index (Phi) is 6.05. The highest BCUT2D eigenvalue weighted by molar-refractivity contribution is 6.06. The lowest BCUT2D eigenvalue weighted by molar-refractivity contribution is -0.118. The summed E-state index contributed by atoms with van der Waals surface area (Å²) in [7, 11) is 0. The van der Waals surface area contributed by atoms with Crippen LogP contribution in [-0.4, -0.2) is 54.7 Å². The molecular weight excluding hydrogens is 346 g/mol. The molecule has 1 saturated heterocycles. The number of phenols is 1. The Morgan fingerprint density at radius 2 is 1.67 bits per heavy atom. The Hall–Kier alpha value is -2.90. The van der Waals surface area contributed by atoms with Crippen LogP contribution < -0.4 is 10.6 Å². The lowest BCUT2D eigenvalue weighted by atomic mass is 10.1. The van der Waals surface area contributed by atoms with E-state index in [4.69, 9.17) is 4.74 Å². The standard InChI is InChI=1S/C20H23N3O4/c1-14-2-7-17(18(24)12-14)20(26)22-16-5-3-15(4-6-16)21-19(25)13-23-8-10-27-11-9-23/h2-7,12,24H,8-11,13H2,1H3,(H,21,25)(H,22,26). The molecule has 0 aliphatic carbocycles. The van der Waals surface area contributed by atoms with Crippen LogP contribution in [-0.2, 0) is 9.53 Å². The Bertz CT molecular complexity index is 814. The molecule has 1 aliphatic heterocycles. The number of hydrogen-bond acceptors (Lipinski definition) is 5. The van der Waals surface area contributed by atoms with Gasteiger partial charge in [0, 0.05) is 24.5 Å². The molecule has 142 valence electrons. The highest BCUT2D eigenvalue weighted by atomic mass is 16.5. The number of carbonyl (C=O) groups excluding carboxylic acids is 2. The van der Waals surface area contributed by atoms with Crippen molar-refractivity contribution in [1.82, 2.24) is 4.90 Å². The monoisotopic (exact) mass is 369 g/mol. The van der Waals surface area contributed by atoms with Gasteiger partial charge in [-0.2, -0.15) is 0 Å². The number of aromatic hydroxyl groups is 1. The van der Waals surface area contributed by atoms with Crippen LogP contribution in [0.3, 0.4) is 0 Å². The predicted molar refractivity (Wildman–Crippen MR) is 103 cm³/mol. The molecule has 27 heavy (non-hydrogen) atoms. The van der Waals surface area contributed by atoms with Crippen molar-refractivity contribution >= 4 is 23.2 Å². The molecule has 2 aromatic carbocycles. The number of nitrogens with one attached hydrogen (secondary N) is 2. The Morgan fingerprint density at radius 1 is 1.04 bits per heavy atom. The summed E-state index contributed by atoms with van der Waals surface area (Å²) < 4.78 is 5.27. The maximum absolute atomic E-state index is 12.3. The third-order valence-electron chi connectivity index (χ3n) is 4.30. The van der Waals surface area contributed by atoms with E-state index in [0.29, 0.717) is 31.1 Å². The fourth-order valence-corrected chi connectivity index (χ4v) is 2.83. The van der Waals surface area contributed by atoms with Gasteiger partial charge in [0.25, 0.3) is 5.91 Å². The summed E-state index contributed by atoms with van der Waals surface area (Å²) in [6.45, 7) is 4.98. The second-order valence-electron chi connectivity index (χ2n) is 6.49. The molecule has 7 nitrogen and oxygen atoms in total. The first kappa shape index (κ1) is 18.9. The van der Waals surface area contributed by atoms with Crippen LogP contribution >= 0.6 is 0 Å². The number of morpholine rings is 1. The van der Waals surface area contributed by atoms with E-state index in [2.05, 4.69) is 10.6 Å². The first-order chi connectivity index (χ1) is 13.0. The molecule has 0 aromatic heterocycles. The number of carbonyl (C=O) groups is 2. The zero-order valence-corrected chi connectivity index (χ0v) is 15.2. The first-order valence-electron chi connectivity index (χ1n) is 8.82. The molecule has 7 heteroatoms. The Balaban J connectivity index is 1.55. The number of nitrogens with zero attached hydrogens (tertiary/aromatic N) is 1. The average Bonchev–Trinajstić information content (AvgIpc) is 2.64. The van der Waals surface area contributed by atoms with E-state index in [1.807, 2.05) is 11.8 Å². The fraction of sp³-hybridized carbons (Fsp3) is 0.300. The summed E-state index contributed by atoms with van der Waals surface area (Å²) >= 11 is 0. The summed E-state index contributed by atoms with van der Waals surface area (Å²) in [6, 6.07) is 11.7. The van der Waals surface area contributed by atoms with Crippen LogP contribution in [0.15, 0.2) is 42.5 Å².